The van der Waals surface area contributed by atoms with Crippen molar-refractivity contribution < 1.29 is 9.47 Å². The minimum absolute atomic E-state index is 0.0260. The highest BCUT2D eigenvalue weighted by atomic mass is 16.5. The number of allylic oxidation sites excluding steroid dienone is 1. The van der Waals surface area contributed by atoms with Gasteiger partial charge in [0.2, 0.25) is 0 Å². The van der Waals surface area contributed by atoms with Crippen molar-refractivity contribution >= 4 is 0 Å². The van der Waals surface area contributed by atoms with Crippen molar-refractivity contribution in [3.8, 4) is 5.75 Å². The predicted octanol–water partition coefficient (Wildman–Crippen LogP) is 7.90. The van der Waals surface area contributed by atoms with E-state index in [1.165, 1.54) is 27.8 Å². The Hall–Kier alpha value is -2.22. The maximum absolute atomic E-state index is 6.17. The highest BCUT2D eigenvalue weighted by Crippen LogP contribution is 2.37. The van der Waals surface area contributed by atoms with E-state index in [9.17, 15) is 0 Å². The molecule has 0 spiro atoms. The van der Waals surface area contributed by atoms with Crippen molar-refractivity contribution in [3.05, 3.63) is 76.6 Å². The molecule has 1 atom stereocenters. The third-order valence-corrected chi connectivity index (χ3v) is 5.48. The van der Waals surface area contributed by atoms with Crippen LogP contribution in [-0.2, 0) is 11.2 Å². The molecule has 0 aliphatic heterocycles. The molecule has 0 amide bonds. The van der Waals surface area contributed by atoms with Gasteiger partial charge in [0.25, 0.3) is 0 Å². The molecule has 0 aliphatic carbocycles. The van der Waals surface area contributed by atoms with E-state index in [1.807, 2.05) is 18.4 Å². The zero-order valence-electron chi connectivity index (χ0n) is 19.5. The van der Waals surface area contributed by atoms with Gasteiger partial charge in [-0.25, -0.2) is 0 Å². The van der Waals surface area contributed by atoms with E-state index in [-0.39, 0.29) is 6.10 Å². The van der Waals surface area contributed by atoms with Gasteiger partial charge < -0.3 is 9.47 Å². The smallest absolute Gasteiger partial charge is 0.121 e. The van der Waals surface area contributed by atoms with E-state index >= 15 is 0 Å². The first-order valence-electron chi connectivity index (χ1n) is 10.9. The number of rotatable bonds is 9. The highest BCUT2D eigenvalue weighted by molar-refractivity contribution is 5.45. The van der Waals surface area contributed by atoms with E-state index < -0.39 is 0 Å². The van der Waals surface area contributed by atoms with Crippen LogP contribution >= 0.6 is 0 Å². The summed E-state index contributed by atoms with van der Waals surface area (Å²) in [6.07, 6.45) is 4.82. The van der Waals surface area contributed by atoms with Crippen LogP contribution in [0.4, 0.5) is 0 Å². The monoisotopic (exact) mass is 394 g/mol. The van der Waals surface area contributed by atoms with Crippen molar-refractivity contribution in [2.75, 3.05) is 7.11 Å². The van der Waals surface area contributed by atoms with Crippen LogP contribution in [0.25, 0.3) is 0 Å². The second kappa shape index (κ2) is 10.5. The molecule has 0 radical (unpaired) electrons. The molecule has 2 aromatic carbocycles. The topological polar surface area (TPSA) is 18.5 Å². The summed E-state index contributed by atoms with van der Waals surface area (Å²) in [5.74, 6) is 2.35. The number of hydrogen-bond donors (Lipinski definition) is 0. The Labute approximate surface area is 178 Å². The van der Waals surface area contributed by atoms with Crippen molar-refractivity contribution in [3.63, 3.8) is 0 Å². The Kier molecular flexibility index (Phi) is 8.37. The molecular formula is C27H38O2. The van der Waals surface area contributed by atoms with E-state index in [0.29, 0.717) is 17.8 Å². The zero-order chi connectivity index (χ0) is 21.6. The molecule has 0 unspecified atom stereocenters. The average molecular weight is 395 g/mol. The molecule has 2 nitrogen and oxygen atoms in total. The van der Waals surface area contributed by atoms with Crippen molar-refractivity contribution in [2.24, 2.45) is 0 Å². The molecule has 0 fully saturated rings. The molecule has 0 heterocycles. The first-order valence-corrected chi connectivity index (χ1v) is 10.9. The Morgan fingerprint density at radius 1 is 0.793 bits per heavy atom. The fraction of sp³-hybridized carbons (Fsp3) is 0.481. The van der Waals surface area contributed by atoms with Gasteiger partial charge in [0, 0.05) is 0 Å². The summed E-state index contributed by atoms with van der Waals surface area (Å²) in [5.41, 5.74) is 6.84. The van der Waals surface area contributed by atoms with Gasteiger partial charge in [-0.2, -0.15) is 0 Å². The van der Waals surface area contributed by atoms with Crippen molar-refractivity contribution in [1.29, 1.82) is 0 Å². The van der Waals surface area contributed by atoms with Crippen LogP contribution in [0.3, 0.4) is 0 Å². The lowest BCUT2D eigenvalue weighted by atomic mass is 9.82. The molecule has 2 heteroatoms. The molecule has 0 bridgehead atoms. The predicted molar refractivity (Wildman–Crippen MR) is 124 cm³/mol. The second-order valence-electron chi connectivity index (χ2n) is 8.78. The maximum atomic E-state index is 6.17. The third-order valence-electron chi connectivity index (χ3n) is 5.48. The normalized spacial score (nSPS) is 12.9. The summed E-state index contributed by atoms with van der Waals surface area (Å²) in [7, 11) is 1.69. The van der Waals surface area contributed by atoms with Gasteiger partial charge in [0.15, 0.2) is 0 Å². The van der Waals surface area contributed by atoms with E-state index in [2.05, 4.69) is 78.8 Å². The zero-order valence-corrected chi connectivity index (χ0v) is 19.5. The van der Waals surface area contributed by atoms with Gasteiger partial charge in [0.1, 0.15) is 11.9 Å². The largest absolute Gasteiger partial charge is 0.497 e. The molecule has 2 aromatic rings. The SMILES string of the molecule is COc1ccc(C/C=C/O[C@@H](C)c2c(C(C)C)cc(C(C)C)cc2C(C)C)cc1. The summed E-state index contributed by atoms with van der Waals surface area (Å²) in [4.78, 5) is 0. The average Bonchev–Trinajstić information content (AvgIpc) is 2.70. The van der Waals surface area contributed by atoms with Crippen LogP contribution < -0.4 is 4.74 Å². The van der Waals surface area contributed by atoms with E-state index in [4.69, 9.17) is 9.47 Å². The summed E-state index contributed by atoms with van der Waals surface area (Å²) >= 11 is 0. The fourth-order valence-electron chi connectivity index (χ4n) is 3.67. The van der Waals surface area contributed by atoms with E-state index in [0.717, 1.165) is 12.2 Å². The first-order chi connectivity index (χ1) is 13.7. The number of ether oxygens (including phenoxy) is 2. The summed E-state index contributed by atoms with van der Waals surface area (Å²) in [6, 6.07) is 12.9. The number of benzene rings is 2. The van der Waals surface area contributed by atoms with Gasteiger partial charge >= 0.3 is 0 Å². The Morgan fingerprint density at radius 3 is 1.79 bits per heavy atom. The minimum Gasteiger partial charge on any atom is -0.497 e. The van der Waals surface area contributed by atoms with Crippen LogP contribution in [0.2, 0.25) is 0 Å². The van der Waals surface area contributed by atoms with Gasteiger partial charge in [-0.15, -0.1) is 0 Å². The Balaban J connectivity index is 2.20. The summed E-state index contributed by atoms with van der Waals surface area (Å²) in [5, 5.41) is 0. The van der Waals surface area contributed by atoms with Crippen LogP contribution in [0.15, 0.2) is 48.7 Å². The molecule has 0 N–H and O–H groups in total. The Bertz CT molecular complexity index is 769. The molecule has 2 rings (SSSR count). The quantitative estimate of drug-likeness (QED) is 0.402. The van der Waals surface area contributed by atoms with Crippen molar-refractivity contribution in [2.45, 2.75) is 78.7 Å². The van der Waals surface area contributed by atoms with Gasteiger partial charge in [-0.1, -0.05) is 65.8 Å². The molecule has 0 saturated carbocycles. The molecular weight excluding hydrogens is 356 g/mol. The first kappa shape index (κ1) is 23.1. The lowest BCUT2D eigenvalue weighted by Gasteiger charge is -2.26. The highest BCUT2D eigenvalue weighted by Gasteiger charge is 2.21. The molecule has 158 valence electrons. The Morgan fingerprint density at radius 2 is 1.34 bits per heavy atom. The van der Waals surface area contributed by atoms with Crippen LogP contribution in [0, 0.1) is 0 Å². The number of methoxy groups -OCH3 is 1. The van der Waals surface area contributed by atoms with Crippen molar-refractivity contribution in [1.82, 2.24) is 0 Å². The molecule has 29 heavy (non-hydrogen) atoms. The van der Waals surface area contributed by atoms with Gasteiger partial charge in [-0.3, -0.25) is 0 Å². The molecule has 0 saturated heterocycles. The summed E-state index contributed by atoms with van der Waals surface area (Å²) in [6.45, 7) is 15.8. The lowest BCUT2D eigenvalue weighted by molar-refractivity contribution is 0.161. The third kappa shape index (κ3) is 6.13. The minimum atomic E-state index is 0.0260. The molecule has 0 aliphatic rings. The van der Waals surface area contributed by atoms with Crippen LogP contribution in [0.5, 0.6) is 5.75 Å². The molecule has 0 aromatic heterocycles. The fourth-order valence-corrected chi connectivity index (χ4v) is 3.67. The summed E-state index contributed by atoms with van der Waals surface area (Å²) < 4.78 is 11.4. The second-order valence-corrected chi connectivity index (χ2v) is 8.78. The van der Waals surface area contributed by atoms with Gasteiger partial charge in [0.05, 0.1) is 13.4 Å². The maximum Gasteiger partial charge on any atom is 0.121 e. The van der Waals surface area contributed by atoms with Crippen LogP contribution in [0.1, 0.15) is 100 Å². The van der Waals surface area contributed by atoms with Crippen LogP contribution in [-0.4, -0.2) is 7.11 Å². The van der Waals surface area contributed by atoms with E-state index in [1.54, 1.807) is 7.11 Å². The van der Waals surface area contributed by atoms with Gasteiger partial charge in [-0.05, 0) is 77.1 Å². The lowest BCUT2D eigenvalue weighted by Crippen LogP contribution is -2.10. The standard InChI is InChI=1S/C27H38O2/c1-18(2)23-16-25(19(3)4)27(26(17-23)20(5)6)21(7)29-15-9-10-22-11-13-24(28-8)14-12-22/h9,11-21H,10H2,1-8H3/b15-9+/t21-/m0/s1. The number of hydrogen-bond acceptors (Lipinski definition) is 2.